The van der Waals surface area contributed by atoms with Crippen LogP contribution in [0.25, 0.3) is 0 Å². The molecule has 6 heteroatoms. The van der Waals surface area contributed by atoms with Gasteiger partial charge in [-0.05, 0) is 30.2 Å². The molecule has 25 heavy (non-hydrogen) atoms. The first-order valence-electron chi connectivity index (χ1n) is 7.98. The molecule has 1 atom stereocenters. The first-order valence-corrected chi connectivity index (χ1v) is 9.03. The van der Waals surface area contributed by atoms with Crippen molar-refractivity contribution in [1.82, 2.24) is 5.32 Å². The van der Waals surface area contributed by atoms with E-state index in [0.29, 0.717) is 12.1 Å². The fraction of sp³-hybridized carbons (Fsp3) is 0.263. The number of cyclic esters (lactones) is 1. The average Bonchev–Trinajstić information content (AvgIpc) is 2.97. The SMILES string of the molecule is COc1ccc(CCNC(=O)CS[C@@H]2OC(=O)c3ccccc32)cc1. The third kappa shape index (κ3) is 4.33. The Morgan fingerprint density at radius 3 is 2.72 bits per heavy atom. The van der Waals surface area contributed by atoms with Gasteiger partial charge in [-0.2, -0.15) is 0 Å². The molecule has 1 aliphatic rings. The van der Waals surface area contributed by atoms with Gasteiger partial charge in [0.15, 0.2) is 5.44 Å². The first kappa shape index (κ1) is 17.4. The highest BCUT2D eigenvalue weighted by atomic mass is 32.2. The Hall–Kier alpha value is -2.47. The van der Waals surface area contributed by atoms with E-state index in [4.69, 9.17) is 9.47 Å². The number of carbonyl (C=O) groups is 2. The van der Waals surface area contributed by atoms with Gasteiger partial charge in [0.05, 0.1) is 18.4 Å². The Bertz CT molecular complexity index is 760. The van der Waals surface area contributed by atoms with Crippen LogP contribution in [0.3, 0.4) is 0 Å². The topological polar surface area (TPSA) is 64.6 Å². The molecule has 0 unspecified atom stereocenters. The van der Waals surface area contributed by atoms with Crippen LogP contribution >= 0.6 is 11.8 Å². The Labute approximate surface area is 150 Å². The maximum Gasteiger partial charge on any atom is 0.340 e. The van der Waals surface area contributed by atoms with E-state index < -0.39 is 5.44 Å². The van der Waals surface area contributed by atoms with Crippen molar-refractivity contribution in [3.05, 3.63) is 65.2 Å². The number of thioether (sulfide) groups is 1. The highest BCUT2D eigenvalue weighted by Crippen LogP contribution is 2.38. The zero-order chi connectivity index (χ0) is 17.6. The van der Waals surface area contributed by atoms with E-state index in [9.17, 15) is 9.59 Å². The number of rotatable bonds is 7. The van der Waals surface area contributed by atoms with Crippen LogP contribution in [-0.2, 0) is 16.0 Å². The molecule has 1 amide bonds. The molecule has 0 fully saturated rings. The zero-order valence-corrected chi connectivity index (χ0v) is 14.7. The van der Waals surface area contributed by atoms with Gasteiger partial charge in [0.1, 0.15) is 5.75 Å². The van der Waals surface area contributed by atoms with Gasteiger partial charge in [-0.25, -0.2) is 4.79 Å². The second-order valence-electron chi connectivity index (χ2n) is 5.58. The van der Waals surface area contributed by atoms with Crippen molar-refractivity contribution < 1.29 is 19.1 Å². The van der Waals surface area contributed by atoms with Crippen molar-refractivity contribution in [2.24, 2.45) is 0 Å². The monoisotopic (exact) mass is 357 g/mol. The minimum atomic E-state index is -0.406. The number of fused-ring (bicyclic) bond motifs is 1. The summed E-state index contributed by atoms with van der Waals surface area (Å²) in [6.07, 6.45) is 0.752. The number of amides is 1. The van der Waals surface area contributed by atoms with Crippen molar-refractivity contribution in [2.75, 3.05) is 19.4 Å². The molecular weight excluding hydrogens is 338 g/mol. The number of esters is 1. The van der Waals surface area contributed by atoms with Crippen LogP contribution in [0, 0.1) is 0 Å². The van der Waals surface area contributed by atoms with Crippen LogP contribution in [0.15, 0.2) is 48.5 Å². The van der Waals surface area contributed by atoms with Gasteiger partial charge in [-0.3, -0.25) is 4.79 Å². The summed E-state index contributed by atoms with van der Waals surface area (Å²) >= 11 is 1.32. The predicted molar refractivity (Wildman–Crippen MR) is 96.8 cm³/mol. The molecule has 0 aromatic heterocycles. The summed E-state index contributed by atoms with van der Waals surface area (Å²) in [4.78, 5) is 23.7. The molecule has 130 valence electrons. The second-order valence-corrected chi connectivity index (χ2v) is 6.63. The van der Waals surface area contributed by atoms with Crippen molar-refractivity contribution in [2.45, 2.75) is 11.9 Å². The highest BCUT2D eigenvalue weighted by Gasteiger charge is 2.31. The third-order valence-corrected chi connectivity index (χ3v) is 4.99. The van der Waals surface area contributed by atoms with E-state index in [2.05, 4.69) is 5.32 Å². The number of nitrogens with one attached hydrogen (secondary N) is 1. The van der Waals surface area contributed by atoms with Gasteiger partial charge in [-0.1, -0.05) is 30.3 Å². The second kappa shape index (κ2) is 8.07. The van der Waals surface area contributed by atoms with Crippen LogP contribution in [0.1, 0.15) is 26.9 Å². The molecule has 0 saturated heterocycles. The molecule has 2 aromatic carbocycles. The van der Waals surface area contributed by atoms with Gasteiger partial charge in [0.25, 0.3) is 0 Å². The van der Waals surface area contributed by atoms with E-state index in [-0.39, 0.29) is 17.6 Å². The maximum atomic E-state index is 12.0. The smallest absolute Gasteiger partial charge is 0.340 e. The molecule has 1 aliphatic heterocycles. The fourth-order valence-corrected chi connectivity index (χ4v) is 3.52. The summed E-state index contributed by atoms with van der Waals surface area (Å²) in [5.74, 6) is 0.664. The number of carbonyl (C=O) groups excluding carboxylic acids is 2. The first-order chi connectivity index (χ1) is 12.2. The average molecular weight is 357 g/mol. The van der Waals surface area contributed by atoms with Crippen molar-refractivity contribution >= 4 is 23.6 Å². The summed E-state index contributed by atoms with van der Waals surface area (Å²) < 4.78 is 10.4. The molecule has 0 radical (unpaired) electrons. The minimum absolute atomic E-state index is 0.0704. The minimum Gasteiger partial charge on any atom is -0.497 e. The summed E-state index contributed by atoms with van der Waals surface area (Å²) in [7, 11) is 1.63. The van der Waals surface area contributed by atoms with Crippen LogP contribution < -0.4 is 10.1 Å². The number of ether oxygens (including phenoxy) is 2. The largest absolute Gasteiger partial charge is 0.497 e. The van der Waals surface area contributed by atoms with Crippen molar-refractivity contribution in [3.8, 4) is 5.75 Å². The number of hydrogen-bond acceptors (Lipinski definition) is 5. The highest BCUT2D eigenvalue weighted by molar-refractivity contribution is 8.00. The standard InChI is InChI=1S/C19H19NO4S/c1-23-14-8-6-13(7-9-14)10-11-20-17(21)12-25-19-16-5-3-2-4-15(16)18(22)24-19/h2-9,19H,10-12H2,1H3,(H,20,21)/t19-/m0/s1. The van der Waals surface area contributed by atoms with Gasteiger partial charge < -0.3 is 14.8 Å². The Morgan fingerprint density at radius 1 is 1.20 bits per heavy atom. The Kier molecular flexibility index (Phi) is 5.60. The normalized spacial score (nSPS) is 15.4. The molecule has 0 spiro atoms. The summed E-state index contributed by atoms with van der Waals surface area (Å²) in [5.41, 5.74) is 2.15. The Morgan fingerprint density at radius 2 is 1.96 bits per heavy atom. The lowest BCUT2D eigenvalue weighted by atomic mass is 10.1. The van der Waals surface area contributed by atoms with E-state index in [0.717, 1.165) is 23.3 Å². The van der Waals surface area contributed by atoms with Crippen LogP contribution in [0.4, 0.5) is 0 Å². The van der Waals surface area contributed by atoms with E-state index in [1.54, 1.807) is 19.2 Å². The predicted octanol–water partition coefficient (Wildman–Crippen LogP) is 2.96. The molecule has 3 rings (SSSR count). The summed E-state index contributed by atoms with van der Waals surface area (Å²) in [6, 6.07) is 15.0. The van der Waals surface area contributed by atoms with E-state index in [1.165, 1.54) is 11.8 Å². The molecule has 2 aromatic rings. The third-order valence-electron chi connectivity index (χ3n) is 3.91. The zero-order valence-electron chi connectivity index (χ0n) is 13.9. The van der Waals surface area contributed by atoms with Crippen LogP contribution in [-0.4, -0.2) is 31.3 Å². The van der Waals surface area contributed by atoms with Gasteiger partial charge >= 0.3 is 5.97 Å². The lowest BCUT2D eigenvalue weighted by Crippen LogP contribution is -2.27. The number of benzene rings is 2. The fourth-order valence-electron chi connectivity index (χ4n) is 2.58. The quantitative estimate of drug-likeness (QED) is 0.772. The lowest BCUT2D eigenvalue weighted by molar-refractivity contribution is -0.118. The lowest BCUT2D eigenvalue weighted by Gasteiger charge is -2.10. The molecular formula is C19H19NO4S. The van der Waals surface area contributed by atoms with Crippen LogP contribution in [0.2, 0.25) is 0 Å². The van der Waals surface area contributed by atoms with E-state index in [1.807, 2.05) is 36.4 Å². The molecule has 0 aliphatic carbocycles. The molecule has 1 heterocycles. The molecule has 0 bridgehead atoms. The molecule has 1 N–H and O–H groups in total. The summed E-state index contributed by atoms with van der Waals surface area (Å²) in [6.45, 7) is 0.562. The number of methoxy groups -OCH3 is 1. The van der Waals surface area contributed by atoms with Crippen molar-refractivity contribution in [3.63, 3.8) is 0 Å². The van der Waals surface area contributed by atoms with E-state index >= 15 is 0 Å². The molecule has 5 nitrogen and oxygen atoms in total. The molecule has 0 saturated carbocycles. The van der Waals surface area contributed by atoms with Gasteiger partial charge in [0, 0.05) is 12.1 Å². The number of hydrogen-bond donors (Lipinski definition) is 1. The summed E-state index contributed by atoms with van der Waals surface area (Å²) in [5, 5.41) is 2.89. The van der Waals surface area contributed by atoms with Crippen LogP contribution in [0.5, 0.6) is 5.75 Å². The maximum absolute atomic E-state index is 12.0. The van der Waals surface area contributed by atoms with Gasteiger partial charge in [-0.15, -0.1) is 11.8 Å². The Balaban J connectivity index is 1.42. The van der Waals surface area contributed by atoms with Crippen molar-refractivity contribution in [1.29, 1.82) is 0 Å². The van der Waals surface area contributed by atoms with Gasteiger partial charge in [0.2, 0.25) is 5.91 Å².